The average Bonchev–Trinajstić information content (AvgIpc) is 3.53. The van der Waals surface area contributed by atoms with E-state index in [0.717, 1.165) is 21.2 Å². The predicted octanol–water partition coefficient (Wildman–Crippen LogP) is 6.36. The Morgan fingerprint density at radius 1 is 0.780 bits per heavy atom. The van der Waals surface area contributed by atoms with E-state index in [-0.39, 0.29) is 19.0 Å². The molecule has 5 rings (SSSR count). The van der Waals surface area contributed by atoms with Crippen LogP contribution in [0, 0.1) is 0 Å². The summed E-state index contributed by atoms with van der Waals surface area (Å²) in [7, 11) is 0. The Kier molecular flexibility index (Phi) is 13.6. The Balaban J connectivity index is 0.000000202. The molecule has 0 saturated carbocycles. The van der Waals surface area contributed by atoms with Gasteiger partial charge in [-0.05, 0) is 24.6 Å². The number of pyridine rings is 2. The van der Waals surface area contributed by atoms with Crippen molar-refractivity contribution >= 4 is 52.5 Å². The number of carbonyl (C=O) groups is 1. The van der Waals surface area contributed by atoms with Gasteiger partial charge in [0.2, 0.25) is 5.79 Å². The molecule has 1 aliphatic heterocycles. The number of hydrogen-bond donors (Lipinski definition) is 2. The summed E-state index contributed by atoms with van der Waals surface area (Å²) in [5, 5.41) is 17.9. The average molecular weight is 634 g/mol. The van der Waals surface area contributed by atoms with Crippen molar-refractivity contribution in [3.05, 3.63) is 117 Å². The van der Waals surface area contributed by atoms with Gasteiger partial charge in [-0.2, -0.15) is 0 Å². The van der Waals surface area contributed by atoms with Crippen LogP contribution >= 0.6 is 46.7 Å². The molecule has 41 heavy (non-hydrogen) atoms. The zero-order valence-electron chi connectivity index (χ0n) is 22.5. The normalized spacial score (nSPS) is 13.4. The van der Waals surface area contributed by atoms with Crippen LogP contribution in [-0.2, 0) is 15.3 Å². The van der Waals surface area contributed by atoms with E-state index in [9.17, 15) is 4.79 Å². The van der Waals surface area contributed by atoms with Crippen molar-refractivity contribution in [2.75, 3.05) is 38.9 Å². The van der Waals surface area contributed by atoms with Crippen molar-refractivity contribution in [3.63, 3.8) is 0 Å². The van der Waals surface area contributed by atoms with Crippen molar-refractivity contribution in [1.29, 1.82) is 0 Å². The lowest BCUT2D eigenvalue weighted by Crippen LogP contribution is -2.28. The molecule has 0 bridgehead atoms. The first-order valence-corrected chi connectivity index (χ1v) is 15.6. The van der Waals surface area contributed by atoms with Crippen LogP contribution in [0.15, 0.2) is 95.2 Å². The number of halogens is 2. The first kappa shape index (κ1) is 33.0. The molecule has 7 nitrogen and oxygen atoms in total. The Hall–Kier alpha value is -2.47. The molecule has 216 valence electrons. The van der Waals surface area contributed by atoms with E-state index in [2.05, 4.69) is 9.97 Å². The lowest BCUT2D eigenvalue weighted by molar-refractivity contribution is -0.130. The molecular weight excluding hydrogens is 603 g/mol. The second-order valence-electron chi connectivity index (χ2n) is 8.25. The quantitative estimate of drug-likeness (QED) is 0.178. The van der Waals surface area contributed by atoms with Crippen LogP contribution in [0.5, 0.6) is 0 Å². The third kappa shape index (κ3) is 8.76. The summed E-state index contributed by atoms with van der Waals surface area (Å²) in [6, 6.07) is 22.5. The largest absolute Gasteiger partial charge is 0.394 e. The van der Waals surface area contributed by atoms with Crippen molar-refractivity contribution < 1.29 is 24.5 Å². The number of aliphatic hydroxyl groups is 2. The topological polar surface area (TPSA) is 102 Å². The maximum absolute atomic E-state index is 12.1. The summed E-state index contributed by atoms with van der Waals surface area (Å²) >= 11 is 15.3. The molecular formula is C30H30Cl2N2O5S2. The Bertz CT molecular complexity index is 1390. The highest BCUT2D eigenvalue weighted by Gasteiger charge is 2.41. The molecule has 1 saturated heterocycles. The SMILES string of the molecule is CSc1ncc(C(=O)c2ccccc2)cc1Cl.CSc1ncc(C2(c3ccccc3)OCCO2)cc1Cl.OCCO. The lowest BCUT2D eigenvalue weighted by atomic mass is 9.99. The number of nitrogens with zero attached hydrogens (tertiary/aromatic N) is 2. The fourth-order valence-corrected chi connectivity index (χ4v) is 5.40. The maximum atomic E-state index is 12.1. The lowest BCUT2D eigenvalue weighted by Gasteiger charge is -2.28. The molecule has 2 N–H and O–H groups in total. The number of ether oxygens (including phenoxy) is 2. The fourth-order valence-electron chi connectivity index (χ4n) is 3.78. The van der Waals surface area contributed by atoms with Crippen LogP contribution in [0.1, 0.15) is 27.0 Å². The molecule has 2 aromatic carbocycles. The molecule has 0 radical (unpaired) electrons. The van der Waals surface area contributed by atoms with Gasteiger partial charge in [0.1, 0.15) is 10.1 Å². The van der Waals surface area contributed by atoms with E-state index in [1.165, 1.54) is 23.5 Å². The molecule has 2 aromatic heterocycles. The second kappa shape index (κ2) is 16.8. The maximum Gasteiger partial charge on any atom is 0.224 e. The minimum atomic E-state index is -0.894. The smallest absolute Gasteiger partial charge is 0.224 e. The minimum Gasteiger partial charge on any atom is -0.394 e. The van der Waals surface area contributed by atoms with Gasteiger partial charge in [-0.15, -0.1) is 23.5 Å². The number of aromatic nitrogens is 2. The number of carbonyl (C=O) groups excluding carboxylic acids is 1. The molecule has 0 atom stereocenters. The van der Waals surface area contributed by atoms with Crippen molar-refractivity contribution in [2.45, 2.75) is 15.8 Å². The van der Waals surface area contributed by atoms with Gasteiger partial charge in [0.15, 0.2) is 5.78 Å². The summed E-state index contributed by atoms with van der Waals surface area (Å²) in [4.78, 5) is 20.6. The van der Waals surface area contributed by atoms with Crippen LogP contribution in [0.4, 0.5) is 0 Å². The standard InChI is InChI=1S/C15H14ClNO2S.C13H10ClNOS.C2H6O2/c1-20-14-13(16)9-12(10-17-14)15(18-7-8-19-15)11-5-3-2-4-6-11;1-17-13-11(14)7-10(8-15-13)12(16)9-5-3-2-4-6-9;3-1-2-4/h2-6,9-10H,7-8H2,1H3;2-8H,1H3;3-4H,1-2H2. The van der Waals surface area contributed by atoms with E-state index in [0.29, 0.717) is 34.4 Å². The zero-order chi connectivity index (χ0) is 29.7. The van der Waals surface area contributed by atoms with Crippen molar-refractivity contribution in [3.8, 4) is 0 Å². The summed E-state index contributed by atoms with van der Waals surface area (Å²) < 4.78 is 11.8. The third-order valence-corrected chi connectivity index (χ3v) is 7.85. The first-order valence-electron chi connectivity index (χ1n) is 12.4. The van der Waals surface area contributed by atoms with Gasteiger partial charge in [-0.1, -0.05) is 83.9 Å². The summed E-state index contributed by atoms with van der Waals surface area (Å²) in [6.45, 7) is 0.855. The minimum absolute atomic E-state index is 0.0624. The van der Waals surface area contributed by atoms with E-state index in [4.69, 9.17) is 42.9 Å². The molecule has 11 heteroatoms. The van der Waals surface area contributed by atoms with Gasteiger partial charge >= 0.3 is 0 Å². The van der Waals surface area contributed by atoms with Gasteiger partial charge in [0, 0.05) is 34.6 Å². The van der Waals surface area contributed by atoms with Crippen molar-refractivity contribution in [2.24, 2.45) is 0 Å². The molecule has 3 heterocycles. The monoisotopic (exact) mass is 632 g/mol. The van der Waals surface area contributed by atoms with Gasteiger partial charge < -0.3 is 19.7 Å². The molecule has 0 spiro atoms. The van der Waals surface area contributed by atoms with E-state index in [1.807, 2.05) is 67.1 Å². The Labute approximate surface area is 258 Å². The number of hydrogen-bond acceptors (Lipinski definition) is 9. The van der Waals surface area contributed by atoms with E-state index >= 15 is 0 Å². The summed E-state index contributed by atoms with van der Waals surface area (Å²) in [5.74, 6) is -0.956. The fraction of sp³-hybridized carbons (Fsp3) is 0.233. The molecule has 1 fully saturated rings. The number of benzene rings is 2. The predicted molar refractivity (Wildman–Crippen MR) is 165 cm³/mol. The van der Waals surface area contributed by atoms with Crippen LogP contribution in [0.2, 0.25) is 10.0 Å². The number of rotatable bonds is 7. The molecule has 0 aliphatic carbocycles. The van der Waals surface area contributed by atoms with E-state index < -0.39 is 5.79 Å². The summed E-state index contributed by atoms with van der Waals surface area (Å²) in [6.07, 6.45) is 7.18. The Morgan fingerprint density at radius 3 is 1.78 bits per heavy atom. The molecule has 0 unspecified atom stereocenters. The van der Waals surface area contributed by atoms with Crippen molar-refractivity contribution in [1.82, 2.24) is 9.97 Å². The van der Waals surface area contributed by atoms with Crippen LogP contribution < -0.4 is 0 Å². The summed E-state index contributed by atoms with van der Waals surface area (Å²) in [5.41, 5.74) is 2.93. The first-order chi connectivity index (χ1) is 19.9. The number of ketones is 1. The van der Waals surface area contributed by atoms with Crippen LogP contribution in [0.25, 0.3) is 0 Å². The van der Waals surface area contributed by atoms with Gasteiger partial charge in [0.05, 0.1) is 36.5 Å². The third-order valence-electron chi connectivity index (χ3n) is 5.63. The highest BCUT2D eigenvalue weighted by Crippen LogP contribution is 2.39. The Morgan fingerprint density at radius 2 is 1.29 bits per heavy atom. The highest BCUT2D eigenvalue weighted by molar-refractivity contribution is 7.98. The number of aliphatic hydroxyl groups excluding tert-OH is 2. The van der Waals surface area contributed by atoms with Gasteiger partial charge in [0.25, 0.3) is 0 Å². The van der Waals surface area contributed by atoms with Crippen LogP contribution in [0.3, 0.4) is 0 Å². The zero-order valence-corrected chi connectivity index (χ0v) is 25.6. The van der Waals surface area contributed by atoms with Gasteiger partial charge in [-0.25, -0.2) is 9.97 Å². The highest BCUT2D eigenvalue weighted by atomic mass is 35.5. The second-order valence-corrected chi connectivity index (χ2v) is 10.7. The number of thioether (sulfide) groups is 2. The van der Waals surface area contributed by atoms with Gasteiger partial charge in [-0.3, -0.25) is 4.79 Å². The molecule has 4 aromatic rings. The van der Waals surface area contributed by atoms with E-state index in [1.54, 1.807) is 30.6 Å². The molecule has 1 aliphatic rings. The van der Waals surface area contributed by atoms with Crippen LogP contribution in [-0.4, -0.2) is 64.9 Å². The molecule has 0 amide bonds.